The number of guanidine groups is 1. The monoisotopic (exact) mass is 332 g/mol. The minimum Gasteiger partial charge on any atom is -0.454 e. The number of aliphatic imine (C=N–C) groups is 1. The third kappa shape index (κ3) is 4.84. The van der Waals surface area contributed by atoms with Crippen LogP contribution >= 0.6 is 0 Å². The number of benzene rings is 1. The summed E-state index contributed by atoms with van der Waals surface area (Å²) >= 11 is 0. The second-order valence-corrected chi connectivity index (χ2v) is 5.26. The van der Waals surface area contributed by atoms with Gasteiger partial charge in [-0.3, -0.25) is 4.79 Å². The highest BCUT2D eigenvalue weighted by molar-refractivity contribution is 5.89. The van der Waals surface area contributed by atoms with Gasteiger partial charge in [0.15, 0.2) is 11.7 Å². The van der Waals surface area contributed by atoms with Gasteiger partial charge < -0.3 is 20.8 Å². The molecule has 2 aromatic rings. The molecule has 0 radical (unpaired) electrons. The van der Waals surface area contributed by atoms with Crippen LogP contribution in [0, 0.1) is 12.7 Å². The summed E-state index contributed by atoms with van der Waals surface area (Å²) in [6.45, 7) is 5.15. The first-order valence-corrected chi connectivity index (χ1v) is 7.65. The number of nitrogens with zero attached hydrogens (tertiary/aromatic N) is 1. The van der Waals surface area contributed by atoms with Gasteiger partial charge in [-0.1, -0.05) is 12.1 Å². The molecule has 7 heteroatoms. The lowest BCUT2D eigenvalue weighted by Crippen LogP contribution is -2.36. The predicted molar refractivity (Wildman–Crippen MR) is 90.0 cm³/mol. The van der Waals surface area contributed by atoms with E-state index in [9.17, 15) is 9.18 Å². The molecule has 1 amide bonds. The molecule has 1 heterocycles. The molecule has 2 rings (SSSR count). The van der Waals surface area contributed by atoms with Gasteiger partial charge in [0.05, 0.1) is 13.1 Å². The molecule has 24 heavy (non-hydrogen) atoms. The minimum absolute atomic E-state index is 0.121. The molecule has 0 saturated heterocycles. The van der Waals surface area contributed by atoms with Crippen LogP contribution in [0.25, 0.3) is 0 Å². The van der Waals surface area contributed by atoms with E-state index >= 15 is 0 Å². The van der Waals surface area contributed by atoms with Crippen molar-refractivity contribution in [2.75, 3.05) is 6.54 Å². The molecule has 1 aromatic carbocycles. The number of rotatable bonds is 6. The van der Waals surface area contributed by atoms with Crippen LogP contribution in [0.1, 0.15) is 34.4 Å². The van der Waals surface area contributed by atoms with E-state index in [1.165, 1.54) is 12.1 Å². The fraction of sp³-hybridized carbons (Fsp3) is 0.294. The summed E-state index contributed by atoms with van der Waals surface area (Å²) in [5, 5.41) is 6.21. The average Bonchev–Trinajstić information content (AvgIpc) is 3.02. The Hall–Kier alpha value is -2.83. The van der Waals surface area contributed by atoms with Crippen molar-refractivity contribution in [3.8, 4) is 0 Å². The molecule has 0 spiro atoms. The van der Waals surface area contributed by atoms with Gasteiger partial charge in [0.25, 0.3) is 5.91 Å². The molecule has 0 bridgehead atoms. The van der Waals surface area contributed by atoms with Crippen LogP contribution in [0.2, 0.25) is 0 Å². The smallest absolute Gasteiger partial charge is 0.284 e. The Morgan fingerprint density at radius 2 is 2.08 bits per heavy atom. The molecule has 4 N–H and O–H groups in total. The van der Waals surface area contributed by atoms with Crippen molar-refractivity contribution in [3.05, 3.63) is 58.8 Å². The van der Waals surface area contributed by atoms with Crippen molar-refractivity contribution in [1.82, 2.24) is 10.6 Å². The summed E-state index contributed by atoms with van der Waals surface area (Å²) in [7, 11) is 0. The quantitative estimate of drug-likeness (QED) is 0.558. The van der Waals surface area contributed by atoms with Crippen LogP contribution < -0.4 is 16.4 Å². The average molecular weight is 332 g/mol. The number of nitrogens with two attached hydrogens (primary N) is 1. The Bertz CT molecular complexity index is 740. The van der Waals surface area contributed by atoms with Crippen molar-refractivity contribution in [1.29, 1.82) is 0 Å². The molecule has 0 saturated carbocycles. The lowest BCUT2D eigenvalue weighted by atomic mass is 10.1. The maximum atomic E-state index is 13.3. The van der Waals surface area contributed by atoms with Crippen molar-refractivity contribution >= 4 is 11.9 Å². The molecule has 128 valence electrons. The Kier molecular flexibility index (Phi) is 5.95. The van der Waals surface area contributed by atoms with E-state index in [2.05, 4.69) is 15.6 Å². The molecule has 0 aliphatic heterocycles. The standard InChI is InChI=1S/C17H21FN4O2/c1-3-20-17(21-9-12-4-6-14(18)11(2)8-12)22-10-13-5-7-15(24-13)16(19)23/h4-8H,3,9-10H2,1-2H3,(H2,19,23)(H2,20,21,22). The highest BCUT2D eigenvalue weighted by Gasteiger charge is 2.07. The maximum absolute atomic E-state index is 13.3. The first-order valence-electron chi connectivity index (χ1n) is 7.65. The third-order valence-electron chi connectivity index (χ3n) is 3.32. The summed E-state index contributed by atoms with van der Waals surface area (Å²) in [4.78, 5) is 15.5. The van der Waals surface area contributed by atoms with Gasteiger partial charge >= 0.3 is 0 Å². The van der Waals surface area contributed by atoms with E-state index in [1.54, 1.807) is 25.1 Å². The zero-order valence-corrected chi connectivity index (χ0v) is 13.7. The topological polar surface area (TPSA) is 92.6 Å². The van der Waals surface area contributed by atoms with E-state index in [0.29, 0.717) is 36.9 Å². The normalized spacial score (nSPS) is 11.4. The van der Waals surface area contributed by atoms with Gasteiger partial charge in [-0.15, -0.1) is 0 Å². The van der Waals surface area contributed by atoms with Gasteiger partial charge in [0, 0.05) is 6.54 Å². The highest BCUT2D eigenvalue weighted by atomic mass is 19.1. The van der Waals surface area contributed by atoms with E-state index in [0.717, 1.165) is 5.56 Å². The van der Waals surface area contributed by atoms with Gasteiger partial charge in [-0.2, -0.15) is 0 Å². The summed E-state index contributed by atoms with van der Waals surface area (Å²) in [5.41, 5.74) is 6.66. The highest BCUT2D eigenvalue weighted by Crippen LogP contribution is 2.10. The van der Waals surface area contributed by atoms with Gasteiger partial charge in [0.2, 0.25) is 0 Å². The number of amides is 1. The zero-order chi connectivity index (χ0) is 17.5. The maximum Gasteiger partial charge on any atom is 0.284 e. The number of aryl methyl sites for hydroxylation is 1. The third-order valence-corrected chi connectivity index (χ3v) is 3.32. The zero-order valence-electron chi connectivity index (χ0n) is 13.7. The second kappa shape index (κ2) is 8.14. The predicted octanol–water partition coefficient (Wildman–Crippen LogP) is 2.08. The molecular weight excluding hydrogens is 311 g/mol. The number of carbonyl (C=O) groups excluding carboxylic acids is 1. The molecule has 1 aromatic heterocycles. The number of furan rings is 1. The molecule has 0 atom stereocenters. The molecule has 0 fully saturated rings. The van der Waals surface area contributed by atoms with Crippen molar-refractivity contribution in [3.63, 3.8) is 0 Å². The first kappa shape index (κ1) is 17.5. The fourth-order valence-electron chi connectivity index (χ4n) is 2.09. The van der Waals surface area contributed by atoms with Gasteiger partial charge in [0.1, 0.15) is 11.6 Å². The summed E-state index contributed by atoms with van der Waals surface area (Å²) in [5.74, 6) is 0.461. The van der Waals surface area contributed by atoms with Crippen LogP contribution in [-0.2, 0) is 13.1 Å². The molecule has 0 aliphatic carbocycles. The van der Waals surface area contributed by atoms with Crippen molar-refractivity contribution in [2.45, 2.75) is 26.9 Å². The van der Waals surface area contributed by atoms with Gasteiger partial charge in [-0.25, -0.2) is 9.38 Å². The lowest BCUT2D eigenvalue weighted by Gasteiger charge is -2.10. The SMILES string of the molecule is CCNC(=NCc1ccc(F)c(C)c1)NCc1ccc(C(N)=O)o1. The van der Waals surface area contributed by atoms with Crippen molar-refractivity contribution in [2.24, 2.45) is 10.7 Å². The number of hydrogen-bond acceptors (Lipinski definition) is 3. The fourth-order valence-corrected chi connectivity index (χ4v) is 2.09. The van der Waals surface area contributed by atoms with Crippen LogP contribution in [0.5, 0.6) is 0 Å². The number of primary amides is 1. The molecule has 6 nitrogen and oxygen atoms in total. The minimum atomic E-state index is -0.603. The number of halogens is 1. The second-order valence-electron chi connectivity index (χ2n) is 5.26. The van der Waals surface area contributed by atoms with Crippen LogP contribution in [0.4, 0.5) is 4.39 Å². The largest absolute Gasteiger partial charge is 0.454 e. The van der Waals surface area contributed by atoms with Crippen LogP contribution in [0.15, 0.2) is 39.7 Å². The number of nitrogens with one attached hydrogen (secondary N) is 2. The molecule has 0 unspecified atom stereocenters. The molecule has 0 aliphatic rings. The summed E-state index contributed by atoms with van der Waals surface area (Å²) < 4.78 is 18.6. The van der Waals surface area contributed by atoms with Crippen LogP contribution in [0.3, 0.4) is 0 Å². The lowest BCUT2D eigenvalue weighted by molar-refractivity contribution is 0.0972. The Labute approximate surface area is 139 Å². The number of hydrogen-bond donors (Lipinski definition) is 3. The van der Waals surface area contributed by atoms with E-state index < -0.39 is 5.91 Å². The summed E-state index contributed by atoms with van der Waals surface area (Å²) in [6.07, 6.45) is 0. The van der Waals surface area contributed by atoms with Crippen LogP contribution in [-0.4, -0.2) is 18.4 Å². The Morgan fingerprint density at radius 1 is 1.29 bits per heavy atom. The molecular formula is C17H21FN4O2. The van der Waals surface area contributed by atoms with Gasteiger partial charge in [-0.05, 0) is 43.2 Å². The Balaban J connectivity index is 1.99. The van der Waals surface area contributed by atoms with E-state index in [1.807, 2.05) is 6.92 Å². The number of carbonyl (C=O) groups is 1. The van der Waals surface area contributed by atoms with E-state index in [4.69, 9.17) is 10.2 Å². The Morgan fingerprint density at radius 3 is 2.71 bits per heavy atom. The first-order chi connectivity index (χ1) is 11.5. The summed E-state index contributed by atoms with van der Waals surface area (Å²) in [6, 6.07) is 8.13. The van der Waals surface area contributed by atoms with Crippen molar-refractivity contribution < 1.29 is 13.6 Å². The van der Waals surface area contributed by atoms with E-state index in [-0.39, 0.29) is 11.6 Å².